The second-order valence-corrected chi connectivity index (χ2v) is 6.48. The molecule has 1 aliphatic heterocycles. The molecule has 4 nitrogen and oxygen atoms in total. The summed E-state index contributed by atoms with van der Waals surface area (Å²) >= 11 is 1.48. The molecule has 1 amide bonds. The molecule has 1 fully saturated rings. The van der Waals surface area contributed by atoms with Gasteiger partial charge in [-0.15, -0.1) is 23.7 Å². The molecule has 1 saturated heterocycles. The molecule has 1 unspecified atom stereocenters. The Morgan fingerprint density at radius 3 is 2.83 bits per heavy atom. The highest BCUT2D eigenvalue weighted by molar-refractivity contribution is 7.14. The highest BCUT2D eigenvalue weighted by Gasteiger charge is 2.21. The van der Waals surface area contributed by atoms with Crippen LogP contribution in [-0.4, -0.2) is 24.0 Å². The zero-order valence-corrected chi connectivity index (χ0v) is 14.8. The summed E-state index contributed by atoms with van der Waals surface area (Å²) in [4.78, 5) is 16.7. The lowest BCUT2D eigenvalue weighted by Crippen LogP contribution is -2.37. The standard InChI is InChI=1S/C17H21N3OS.ClH/c1-2-12-5-7-13(8-6-12)15-11-22-17(19-15)20-16(21)14-4-3-9-18-10-14;/h5-8,11,14,18H,2-4,9-10H2,1H3,(H,19,20,21);1H. The number of rotatable bonds is 4. The van der Waals surface area contributed by atoms with Crippen molar-refractivity contribution in [3.63, 3.8) is 0 Å². The Morgan fingerprint density at radius 2 is 2.17 bits per heavy atom. The Hall–Kier alpha value is -1.43. The highest BCUT2D eigenvalue weighted by Crippen LogP contribution is 2.26. The third-order valence-corrected chi connectivity index (χ3v) is 4.82. The van der Waals surface area contributed by atoms with Crippen LogP contribution in [0.1, 0.15) is 25.3 Å². The van der Waals surface area contributed by atoms with Crippen LogP contribution >= 0.6 is 23.7 Å². The van der Waals surface area contributed by atoms with E-state index in [1.807, 2.05) is 5.38 Å². The topological polar surface area (TPSA) is 54.0 Å². The summed E-state index contributed by atoms with van der Waals surface area (Å²) in [6.45, 7) is 3.92. The maximum atomic E-state index is 12.2. The number of aromatic nitrogens is 1. The van der Waals surface area contributed by atoms with Crippen LogP contribution < -0.4 is 10.6 Å². The molecule has 1 aliphatic rings. The van der Waals surface area contributed by atoms with Crippen molar-refractivity contribution in [2.45, 2.75) is 26.2 Å². The van der Waals surface area contributed by atoms with Gasteiger partial charge in [0.2, 0.25) is 5.91 Å². The number of thiazole rings is 1. The summed E-state index contributed by atoms with van der Waals surface area (Å²) in [5.74, 6) is 0.138. The number of halogens is 1. The molecule has 0 bridgehead atoms. The first kappa shape index (κ1) is 17.9. The van der Waals surface area contributed by atoms with Crippen LogP contribution in [0.5, 0.6) is 0 Å². The third kappa shape index (κ3) is 4.53. The van der Waals surface area contributed by atoms with Gasteiger partial charge < -0.3 is 10.6 Å². The molecule has 2 heterocycles. The third-order valence-electron chi connectivity index (χ3n) is 4.06. The van der Waals surface area contributed by atoms with Crippen molar-refractivity contribution in [3.05, 3.63) is 35.2 Å². The summed E-state index contributed by atoms with van der Waals surface area (Å²) in [5.41, 5.74) is 3.33. The van der Waals surface area contributed by atoms with Crippen LogP contribution in [0.15, 0.2) is 29.6 Å². The van der Waals surface area contributed by atoms with Gasteiger partial charge in [-0.3, -0.25) is 4.79 Å². The largest absolute Gasteiger partial charge is 0.316 e. The van der Waals surface area contributed by atoms with Crippen molar-refractivity contribution in [1.29, 1.82) is 0 Å². The SMILES string of the molecule is CCc1ccc(-c2csc(NC(=O)C3CCCNC3)n2)cc1.Cl. The van der Waals surface area contributed by atoms with Crippen LogP contribution in [0.2, 0.25) is 0 Å². The van der Waals surface area contributed by atoms with E-state index in [0.717, 1.165) is 43.6 Å². The van der Waals surface area contributed by atoms with E-state index in [4.69, 9.17) is 0 Å². The predicted octanol–water partition coefficient (Wildman–Crippen LogP) is 3.73. The van der Waals surface area contributed by atoms with Gasteiger partial charge in [0.15, 0.2) is 5.13 Å². The number of piperidine rings is 1. The van der Waals surface area contributed by atoms with E-state index in [1.165, 1.54) is 16.9 Å². The number of amides is 1. The minimum absolute atomic E-state index is 0. The number of nitrogens with one attached hydrogen (secondary N) is 2. The van der Waals surface area contributed by atoms with Crippen molar-refractivity contribution >= 4 is 34.8 Å². The molecule has 0 radical (unpaired) electrons. The van der Waals surface area contributed by atoms with Gasteiger partial charge in [0.1, 0.15) is 0 Å². The average molecular weight is 352 g/mol. The molecule has 2 aromatic rings. The number of nitrogens with zero attached hydrogens (tertiary/aromatic N) is 1. The number of benzene rings is 1. The Morgan fingerprint density at radius 1 is 1.39 bits per heavy atom. The van der Waals surface area contributed by atoms with Crippen molar-refractivity contribution < 1.29 is 4.79 Å². The van der Waals surface area contributed by atoms with E-state index in [-0.39, 0.29) is 24.2 Å². The van der Waals surface area contributed by atoms with E-state index in [1.54, 1.807) is 0 Å². The molecule has 1 aromatic heterocycles. The van der Waals surface area contributed by atoms with E-state index < -0.39 is 0 Å². The summed E-state index contributed by atoms with van der Waals surface area (Å²) < 4.78 is 0. The van der Waals surface area contributed by atoms with Crippen LogP contribution in [-0.2, 0) is 11.2 Å². The molecule has 6 heteroatoms. The van der Waals surface area contributed by atoms with Gasteiger partial charge in [-0.05, 0) is 31.4 Å². The van der Waals surface area contributed by atoms with E-state index in [9.17, 15) is 4.79 Å². The second kappa shape index (κ2) is 8.43. The maximum absolute atomic E-state index is 12.2. The quantitative estimate of drug-likeness (QED) is 0.882. The lowest BCUT2D eigenvalue weighted by atomic mass is 9.99. The molecule has 0 spiro atoms. The van der Waals surface area contributed by atoms with Crippen LogP contribution in [0.3, 0.4) is 0 Å². The molecular weight excluding hydrogens is 330 g/mol. The Kier molecular flexibility index (Phi) is 6.57. The Labute approximate surface area is 147 Å². The lowest BCUT2D eigenvalue weighted by molar-refractivity contribution is -0.120. The molecule has 0 aliphatic carbocycles. The number of carbonyl (C=O) groups excluding carboxylic acids is 1. The fourth-order valence-electron chi connectivity index (χ4n) is 2.66. The first-order chi connectivity index (χ1) is 10.8. The highest BCUT2D eigenvalue weighted by atomic mass is 35.5. The minimum atomic E-state index is 0. The fourth-order valence-corrected chi connectivity index (χ4v) is 3.38. The molecule has 2 N–H and O–H groups in total. The van der Waals surface area contributed by atoms with Crippen LogP contribution in [0.25, 0.3) is 11.3 Å². The number of hydrogen-bond donors (Lipinski definition) is 2. The van der Waals surface area contributed by atoms with Gasteiger partial charge in [0.25, 0.3) is 0 Å². The zero-order valence-electron chi connectivity index (χ0n) is 13.2. The number of carbonyl (C=O) groups is 1. The molecule has 3 rings (SSSR count). The zero-order chi connectivity index (χ0) is 15.4. The van der Waals surface area contributed by atoms with Crippen molar-refractivity contribution in [2.24, 2.45) is 5.92 Å². The smallest absolute Gasteiger partial charge is 0.230 e. The van der Waals surface area contributed by atoms with Gasteiger partial charge in [0, 0.05) is 17.5 Å². The number of hydrogen-bond acceptors (Lipinski definition) is 4. The molecule has 1 atom stereocenters. The first-order valence-electron chi connectivity index (χ1n) is 7.82. The van der Waals surface area contributed by atoms with Gasteiger partial charge in [-0.2, -0.15) is 0 Å². The Balaban J connectivity index is 0.00000192. The van der Waals surface area contributed by atoms with Gasteiger partial charge in [-0.25, -0.2) is 4.98 Å². The Bertz CT molecular complexity index is 636. The number of anilines is 1. The van der Waals surface area contributed by atoms with E-state index >= 15 is 0 Å². The molecule has 23 heavy (non-hydrogen) atoms. The van der Waals surface area contributed by atoms with E-state index in [2.05, 4.69) is 46.8 Å². The predicted molar refractivity (Wildman–Crippen MR) is 98.4 cm³/mol. The first-order valence-corrected chi connectivity index (χ1v) is 8.70. The van der Waals surface area contributed by atoms with E-state index in [0.29, 0.717) is 5.13 Å². The summed E-state index contributed by atoms with van der Waals surface area (Å²) in [5, 5.41) is 8.90. The van der Waals surface area contributed by atoms with Crippen LogP contribution in [0.4, 0.5) is 5.13 Å². The van der Waals surface area contributed by atoms with Crippen molar-refractivity contribution in [1.82, 2.24) is 10.3 Å². The monoisotopic (exact) mass is 351 g/mol. The van der Waals surface area contributed by atoms with Crippen molar-refractivity contribution in [3.8, 4) is 11.3 Å². The van der Waals surface area contributed by atoms with Crippen molar-refractivity contribution in [2.75, 3.05) is 18.4 Å². The van der Waals surface area contributed by atoms with Gasteiger partial charge >= 0.3 is 0 Å². The summed E-state index contributed by atoms with van der Waals surface area (Å²) in [7, 11) is 0. The van der Waals surface area contributed by atoms with Gasteiger partial charge in [0.05, 0.1) is 11.6 Å². The molecule has 124 valence electrons. The summed E-state index contributed by atoms with van der Waals surface area (Å²) in [6.07, 6.45) is 3.05. The molecule has 1 aromatic carbocycles. The minimum Gasteiger partial charge on any atom is -0.316 e. The fraction of sp³-hybridized carbons (Fsp3) is 0.412. The maximum Gasteiger partial charge on any atom is 0.230 e. The average Bonchev–Trinajstić information content (AvgIpc) is 3.04. The summed E-state index contributed by atoms with van der Waals surface area (Å²) in [6, 6.07) is 8.43. The molecular formula is C17H22ClN3OS. The lowest BCUT2D eigenvalue weighted by Gasteiger charge is -2.21. The second-order valence-electron chi connectivity index (χ2n) is 5.62. The van der Waals surface area contributed by atoms with Gasteiger partial charge in [-0.1, -0.05) is 31.2 Å². The normalized spacial score (nSPS) is 17.3. The number of aryl methyl sites for hydroxylation is 1. The molecule has 0 saturated carbocycles. The van der Waals surface area contributed by atoms with Crippen LogP contribution in [0, 0.1) is 5.92 Å².